The number of carbonyl (C=O) groups excluding carboxylic acids is 2. The van der Waals surface area contributed by atoms with Crippen molar-refractivity contribution in [1.82, 2.24) is 5.32 Å². The standard InChI is InChI=1S/C17H21FN2O3/c18-13-3-5-14(6-4-13)20-10-12(9-15(20)21)16(22)19-11-17(23)7-1-2-8-17/h3-6,12,23H,1-2,7-11H2,(H,19,22). The molecule has 124 valence electrons. The lowest BCUT2D eigenvalue weighted by atomic mass is 10.0. The lowest BCUT2D eigenvalue weighted by Gasteiger charge is -2.23. The Hall–Kier alpha value is -1.95. The van der Waals surface area contributed by atoms with Crippen molar-refractivity contribution in [3.8, 4) is 0 Å². The SMILES string of the molecule is O=C(NCC1(O)CCCC1)C1CC(=O)N(c2ccc(F)cc2)C1. The van der Waals surface area contributed by atoms with Crippen LogP contribution in [0.25, 0.3) is 0 Å². The number of nitrogens with one attached hydrogen (secondary N) is 1. The van der Waals surface area contributed by atoms with Gasteiger partial charge in [-0.05, 0) is 37.1 Å². The number of hydrogen-bond donors (Lipinski definition) is 2. The average Bonchev–Trinajstić information content (AvgIpc) is 3.13. The average molecular weight is 320 g/mol. The Kier molecular flexibility index (Phi) is 4.35. The minimum absolute atomic E-state index is 0.141. The van der Waals surface area contributed by atoms with Crippen LogP contribution < -0.4 is 10.2 Å². The van der Waals surface area contributed by atoms with E-state index in [1.807, 2.05) is 0 Å². The highest BCUT2D eigenvalue weighted by atomic mass is 19.1. The lowest BCUT2D eigenvalue weighted by molar-refractivity contribution is -0.127. The number of rotatable bonds is 4. The first kappa shape index (κ1) is 15.9. The minimum atomic E-state index is -0.797. The number of anilines is 1. The predicted octanol–water partition coefficient (Wildman–Crippen LogP) is 1.60. The van der Waals surface area contributed by atoms with E-state index in [1.165, 1.54) is 29.2 Å². The van der Waals surface area contributed by atoms with E-state index in [1.54, 1.807) is 0 Å². The van der Waals surface area contributed by atoms with Crippen molar-refractivity contribution in [3.63, 3.8) is 0 Å². The number of halogens is 1. The molecule has 2 N–H and O–H groups in total. The molecule has 6 heteroatoms. The molecule has 23 heavy (non-hydrogen) atoms. The van der Waals surface area contributed by atoms with Crippen LogP contribution in [-0.4, -0.2) is 35.6 Å². The first-order chi connectivity index (χ1) is 11.0. The zero-order chi connectivity index (χ0) is 16.4. The molecule has 0 aromatic heterocycles. The van der Waals surface area contributed by atoms with Crippen molar-refractivity contribution in [1.29, 1.82) is 0 Å². The highest BCUT2D eigenvalue weighted by Gasteiger charge is 2.37. The van der Waals surface area contributed by atoms with Crippen molar-refractivity contribution in [3.05, 3.63) is 30.1 Å². The topological polar surface area (TPSA) is 69.6 Å². The molecule has 0 spiro atoms. The summed E-state index contributed by atoms with van der Waals surface area (Å²) in [6.07, 6.45) is 3.51. The van der Waals surface area contributed by atoms with Crippen molar-refractivity contribution >= 4 is 17.5 Å². The number of benzene rings is 1. The maximum atomic E-state index is 13.0. The fraction of sp³-hybridized carbons (Fsp3) is 0.529. The second-order valence-corrected chi connectivity index (χ2v) is 6.53. The second-order valence-electron chi connectivity index (χ2n) is 6.53. The molecule has 1 saturated carbocycles. The third-order valence-corrected chi connectivity index (χ3v) is 4.76. The molecule has 1 aliphatic heterocycles. The van der Waals surface area contributed by atoms with Gasteiger partial charge in [-0.1, -0.05) is 12.8 Å². The summed E-state index contributed by atoms with van der Waals surface area (Å²) in [5, 5.41) is 13.0. The van der Waals surface area contributed by atoms with Crippen LogP contribution >= 0.6 is 0 Å². The van der Waals surface area contributed by atoms with Crippen LogP contribution in [0, 0.1) is 11.7 Å². The van der Waals surface area contributed by atoms with Gasteiger partial charge in [0.1, 0.15) is 5.82 Å². The fourth-order valence-corrected chi connectivity index (χ4v) is 3.36. The largest absolute Gasteiger partial charge is 0.388 e. The molecule has 3 rings (SSSR count). The van der Waals surface area contributed by atoms with E-state index in [0.717, 1.165) is 12.8 Å². The van der Waals surface area contributed by atoms with Crippen LogP contribution in [0.4, 0.5) is 10.1 Å². The molecular formula is C17H21FN2O3. The van der Waals surface area contributed by atoms with Gasteiger partial charge in [0.05, 0.1) is 11.5 Å². The van der Waals surface area contributed by atoms with Crippen LogP contribution in [-0.2, 0) is 9.59 Å². The van der Waals surface area contributed by atoms with Crippen LogP contribution in [0.3, 0.4) is 0 Å². The molecule has 0 radical (unpaired) electrons. The van der Waals surface area contributed by atoms with Gasteiger partial charge in [0.15, 0.2) is 0 Å². The molecule has 2 amide bonds. The number of hydrogen-bond acceptors (Lipinski definition) is 3. The summed E-state index contributed by atoms with van der Waals surface area (Å²) < 4.78 is 13.0. The van der Waals surface area contributed by atoms with Gasteiger partial charge in [0.2, 0.25) is 11.8 Å². The first-order valence-electron chi connectivity index (χ1n) is 8.03. The van der Waals surface area contributed by atoms with Crippen molar-refractivity contribution < 1.29 is 19.1 Å². The monoisotopic (exact) mass is 320 g/mol. The van der Waals surface area contributed by atoms with Crippen LogP contribution in [0.2, 0.25) is 0 Å². The molecule has 1 heterocycles. The summed E-state index contributed by atoms with van der Waals surface area (Å²) in [4.78, 5) is 25.9. The third kappa shape index (κ3) is 3.52. The Morgan fingerprint density at radius 1 is 1.30 bits per heavy atom. The highest BCUT2D eigenvalue weighted by molar-refractivity contribution is 6.00. The molecule has 2 aliphatic rings. The van der Waals surface area contributed by atoms with E-state index in [0.29, 0.717) is 18.5 Å². The van der Waals surface area contributed by atoms with Crippen LogP contribution in [0.1, 0.15) is 32.1 Å². The molecule has 0 bridgehead atoms. The highest BCUT2D eigenvalue weighted by Crippen LogP contribution is 2.29. The summed E-state index contributed by atoms with van der Waals surface area (Å²) >= 11 is 0. The third-order valence-electron chi connectivity index (χ3n) is 4.76. The Labute approximate surface area is 134 Å². The summed E-state index contributed by atoms with van der Waals surface area (Å²) in [5.41, 5.74) is -0.198. The van der Waals surface area contributed by atoms with E-state index in [4.69, 9.17) is 0 Å². The molecule has 1 aromatic carbocycles. The van der Waals surface area contributed by atoms with Gasteiger partial charge in [0, 0.05) is 25.2 Å². The molecule has 1 saturated heterocycles. The Balaban J connectivity index is 1.58. The fourth-order valence-electron chi connectivity index (χ4n) is 3.36. The molecule has 1 atom stereocenters. The van der Waals surface area contributed by atoms with E-state index in [2.05, 4.69) is 5.32 Å². The number of aliphatic hydroxyl groups is 1. The molecule has 2 fully saturated rings. The number of amides is 2. The summed E-state index contributed by atoms with van der Waals surface area (Å²) in [6.45, 7) is 0.530. The zero-order valence-corrected chi connectivity index (χ0v) is 12.9. The summed E-state index contributed by atoms with van der Waals surface area (Å²) in [7, 11) is 0. The normalized spacial score (nSPS) is 23.3. The molecule has 1 aliphatic carbocycles. The number of nitrogens with zero attached hydrogens (tertiary/aromatic N) is 1. The summed E-state index contributed by atoms with van der Waals surface area (Å²) in [6, 6.07) is 5.67. The minimum Gasteiger partial charge on any atom is -0.388 e. The van der Waals surface area contributed by atoms with Gasteiger partial charge in [0.25, 0.3) is 0 Å². The molecular weight excluding hydrogens is 299 g/mol. The van der Waals surface area contributed by atoms with Crippen LogP contribution in [0.15, 0.2) is 24.3 Å². The van der Waals surface area contributed by atoms with Gasteiger partial charge in [-0.25, -0.2) is 4.39 Å². The molecule has 5 nitrogen and oxygen atoms in total. The quantitative estimate of drug-likeness (QED) is 0.885. The predicted molar refractivity (Wildman–Crippen MR) is 83.3 cm³/mol. The second kappa shape index (κ2) is 6.28. The van der Waals surface area contributed by atoms with E-state index in [-0.39, 0.29) is 37.1 Å². The van der Waals surface area contributed by atoms with Gasteiger partial charge < -0.3 is 15.3 Å². The maximum Gasteiger partial charge on any atom is 0.227 e. The smallest absolute Gasteiger partial charge is 0.227 e. The Morgan fingerprint density at radius 2 is 1.96 bits per heavy atom. The van der Waals surface area contributed by atoms with Crippen molar-refractivity contribution in [2.75, 3.05) is 18.0 Å². The van der Waals surface area contributed by atoms with Crippen LogP contribution in [0.5, 0.6) is 0 Å². The van der Waals surface area contributed by atoms with Gasteiger partial charge in [-0.3, -0.25) is 9.59 Å². The molecule has 1 aromatic rings. The van der Waals surface area contributed by atoms with Gasteiger partial charge >= 0.3 is 0 Å². The van der Waals surface area contributed by atoms with E-state index >= 15 is 0 Å². The first-order valence-corrected chi connectivity index (χ1v) is 8.03. The van der Waals surface area contributed by atoms with Crippen molar-refractivity contribution in [2.45, 2.75) is 37.7 Å². The zero-order valence-electron chi connectivity index (χ0n) is 12.9. The summed E-state index contributed by atoms with van der Waals surface area (Å²) in [5.74, 6) is -1.14. The van der Waals surface area contributed by atoms with Crippen molar-refractivity contribution in [2.24, 2.45) is 5.92 Å². The Bertz CT molecular complexity index is 596. The number of carbonyl (C=O) groups is 2. The lowest BCUT2D eigenvalue weighted by Crippen LogP contribution is -2.43. The Morgan fingerprint density at radius 3 is 2.61 bits per heavy atom. The van der Waals surface area contributed by atoms with Gasteiger partial charge in [-0.2, -0.15) is 0 Å². The molecule has 1 unspecified atom stereocenters. The maximum absolute atomic E-state index is 13.0. The van der Waals surface area contributed by atoms with Gasteiger partial charge in [-0.15, -0.1) is 0 Å². The van der Waals surface area contributed by atoms with E-state index < -0.39 is 11.5 Å². The van der Waals surface area contributed by atoms with E-state index in [9.17, 15) is 19.1 Å².